The van der Waals surface area contributed by atoms with Crippen LogP contribution in [0.25, 0.3) is 0 Å². The van der Waals surface area contributed by atoms with Gasteiger partial charge in [-0.3, -0.25) is 0 Å². The van der Waals surface area contributed by atoms with E-state index >= 15 is 0 Å². The second-order valence-corrected chi connectivity index (χ2v) is 1.84. The van der Waals surface area contributed by atoms with Gasteiger partial charge in [0.25, 0.3) is 0 Å². The highest BCUT2D eigenvalue weighted by atomic mass is 19.1. The van der Waals surface area contributed by atoms with E-state index in [1.807, 2.05) is 0 Å². The largest absolute Gasteiger partial charge is 0.240 e. The molecule has 1 heteroatoms. The lowest BCUT2D eigenvalue weighted by atomic mass is 10.1. The SMILES string of the molecule is C=CC(C)(F)CC. The van der Waals surface area contributed by atoms with Crippen molar-refractivity contribution in [2.24, 2.45) is 0 Å². The fraction of sp³-hybridized carbons (Fsp3) is 0.667. The van der Waals surface area contributed by atoms with Gasteiger partial charge in [0, 0.05) is 0 Å². The van der Waals surface area contributed by atoms with E-state index in [-0.39, 0.29) is 0 Å². The van der Waals surface area contributed by atoms with Crippen LogP contribution < -0.4 is 0 Å². The zero-order valence-electron chi connectivity index (χ0n) is 4.87. The number of hydrogen-bond donors (Lipinski definition) is 0. The summed E-state index contributed by atoms with van der Waals surface area (Å²) in [6.45, 7) is 6.64. The molecule has 0 fully saturated rings. The second-order valence-electron chi connectivity index (χ2n) is 1.84. The van der Waals surface area contributed by atoms with Crippen LogP contribution in [-0.2, 0) is 0 Å². The molecule has 0 rings (SSSR count). The van der Waals surface area contributed by atoms with E-state index in [4.69, 9.17) is 0 Å². The summed E-state index contributed by atoms with van der Waals surface area (Å²) in [6, 6.07) is 0. The van der Waals surface area contributed by atoms with Gasteiger partial charge in [-0.1, -0.05) is 19.6 Å². The van der Waals surface area contributed by atoms with Crippen LogP contribution in [0.15, 0.2) is 12.7 Å². The normalized spacial score (nSPS) is 18.1. The van der Waals surface area contributed by atoms with Crippen molar-refractivity contribution < 1.29 is 4.39 Å². The summed E-state index contributed by atoms with van der Waals surface area (Å²) in [4.78, 5) is 0. The molecule has 0 aliphatic carbocycles. The molecule has 0 spiro atoms. The van der Waals surface area contributed by atoms with Crippen LogP contribution in [0.5, 0.6) is 0 Å². The third-order valence-corrected chi connectivity index (χ3v) is 1.12. The lowest BCUT2D eigenvalue weighted by Gasteiger charge is -2.09. The van der Waals surface area contributed by atoms with Crippen molar-refractivity contribution in [1.29, 1.82) is 0 Å². The van der Waals surface area contributed by atoms with Gasteiger partial charge < -0.3 is 0 Å². The van der Waals surface area contributed by atoms with E-state index in [0.717, 1.165) is 0 Å². The fourth-order valence-corrected chi connectivity index (χ4v) is 0.144. The Morgan fingerprint density at radius 2 is 2.29 bits per heavy atom. The van der Waals surface area contributed by atoms with Crippen molar-refractivity contribution in [3.8, 4) is 0 Å². The molecular weight excluding hydrogens is 91.1 g/mol. The maximum Gasteiger partial charge on any atom is 0.125 e. The van der Waals surface area contributed by atoms with Crippen molar-refractivity contribution >= 4 is 0 Å². The molecular formula is C6H11F. The summed E-state index contributed by atoms with van der Waals surface area (Å²) in [5.41, 5.74) is -1.15. The minimum absolute atomic E-state index is 0.510. The number of hydrogen-bond acceptors (Lipinski definition) is 0. The van der Waals surface area contributed by atoms with E-state index in [1.54, 1.807) is 6.92 Å². The maximum absolute atomic E-state index is 12.4. The fourth-order valence-electron chi connectivity index (χ4n) is 0.144. The third-order valence-electron chi connectivity index (χ3n) is 1.12. The van der Waals surface area contributed by atoms with E-state index in [1.165, 1.54) is 13.0 Å². The Labute approximate surface area is 44.0 Å². The molecule has 0 aliphatic heterocycles. The Kier molecular flexibility index (Phi) is 2.00. The quantitative estimate of drug-likeness (QED) is 0.469. The van der Waals surface area contributed by atoms with Crippen LogP contribution >= 0.6 is 0 Å². The van der Waals surface area contributed by atoms with Gasteiger partial charge in [-0.25, -0.2) is 4.39 Å². The summed E-state index contributed by atoms with van der Waals surface area (Å²) in [5.74, 6) is 0. The highest BCUT2D eigenvalue weighted by molar-refractivity contribution is 4.90. The molecule has 0 bridgehead atoms. The number of halogens is 1. The highest BCUT2D eigenvalue weighted by Gasteiger charge is 2.12. The summed E-state index contributed by atoms with van der Waals surface area (Å²) in [6.07, 6.45) is 1.84. The van der Waals surface area contributed by atoms with Gasteiger partial charge in [-0.15, -0.1) is 0 Å². The molecule has 0 saturated heterocycles. The molecule has 1 unspecified atom stereocenters. The molecule has 0 N–H and O–H groups in total. The molecule has 0 aromatic carbocycles. The number of allylic oxidation sites excluding steroid dienone is 1. The zero-order chi connectivity index (χ0) is 5.91. The first-order chi connectivity index (χ1) is 3.12. The zero-order valence-corrected chi connectivity index (χ0v) is 4.87. The molecule has 42 valence electrons. The molecule has 0 aromatic rings. The molecule has 0 nitrogen and oxygen atoms in total. The Morgan fingerprint density at radius 3 is 2.29 bits per heavy atom. The average Bonchev–Trinajstić information content (AvgIpc) is 1.68. The Morgan fingerprint density at radius 1 is 1.86 bits per heavy atom. The summed E-state index contributed by atoms with van der Waals surface area (Å²) in [7, 11) is 0. The predicted molar refractivity (Wildman–Crippen MR) is 30.0 cm³/mol. The van der Waals surface area contributed by atoms with Gasteiger partial charge in [-0.05, 0) is 13.3 Å². The molecule has 0 aliphatic rings. The monoisotopic (exact) mass is 102 g/mol. The van der Waals surface area contributed by atoms with Gasteiger partial charge in [0.15, 0.2) is 0 Å². The van der Waals surface area contributed by atoms with Crippen molar-refractivity contribution in [3.63, 3.8) is 0 Å². The van der Waals surface area contributed by atoms with E-state index in [2.05, 4.69) is 6.58 Å². The van der Waals surface area contributed by atoms with Crippen molar-refractivity contribution in [2.45, 2.75) is 25.9 Å². The van der Waals surface area contributed by atoms with Gasteiger partial charge in [0.2, 0.25) is 0 Å². The number of rotatable bonds is 2. The predicted octanol–water partition coefficient (Wildman–Crippen LogP) is 2.31. The molecule has 0 amide bonds. The summed E-state index contributed by atoms with van der Waals surface area (Å²) >= 11 is 0. The van der Waals surface area contributed by atoms with E-state index in [0.29, 0.717) is 6.42 Å². The number of alkyl halides is 1. The van der Waals surface area contributed by atoms with E-state index in [9.17, 15) is 4.39 Å². The van der Waals surface area contributed by atoms with Crippen LogP contribution in [0, 0.1) is 0 Å². The lowest BCUT2D eigenvalue weighted by molar-refractivity contribution is 0.250. The molecule has 0 saturated carbocycles. The van der Waals surface area contributed by atoms with Crippen LogP contribution in [-0.4, -0.2) is 5.67 Å². The van der Waals surface area contributed by atoms with Crippen LogP contribution in [0.1, 0.15) is 20.3 Å². The third kappa shape index (κ3) is 2.38. The van der Waals surface area contributed by atoms with Crippen molar-refractivity contribution in [3.05, 3.63) is 12.7 Å². The van der Waals surface area contributed by atoms with Crippen LogP contribution in [0.2, 0.25) is 0 Å². The minimum atomic E-state index is -1.15. The topological polar surface area (TPSA) is 0 Å². The van der Waals surface area contributed by atoms with Gasteiger partial charge in [0.1, 0.15) is 5.67 Å². The Hall–Kier alpha value is -0.330. The van der Waals surface area contributed by atoms with Gasteiger partial charge in [-0.2, -0.15) is 0 Å². The van der Waals surface area contributed by atoms with Crippen molar-refractivity contribution in [2.75, 3.05) is 0 Å². The maximum atomic E-state index is 12.4. The summed E-state index contributed by atoms with van der Waals surface area (Å²) in [5, 5.41) is 0. The standard InChI is InChI=1S/C6H11F/c1-4-6(3,7)5-2/h4H,1,5H2,2-3H3. The molecule has 0 aromatic heterocycles. The Bertz CT molecular complexity index is 64.6. The first-order valence-corrected chi connectivity index (χ1v) is 2.45. The molecule has 0 radical (unpaired) electrons. The first kappa shape index (κ1) is 6.67. The van der Waals surface area contributed by atoms with Crippen LogP contribution in [0.3, 0.4) is 0 Å². The minimum Gasteiger partial charge on any atom is -0.240 e. The summed E-state index contributed by atoms with van der Waals surface area (Å²) < 4.78 is 12.4. The smallest absolute Gasteiger partial charge is 0.125 e. The van der Waals surface area contributed by atoms with Gasteiger partial charge in [0.05, 0.1) is 0 Å². The highest BCUT2D eigenvalue weighted by Crippen LogP contribution is 2.14. The van der Waals surface area contributed by atoms with Gasteiger partial charge >= 0.3 is 0 Å². The van der Waals surface area contributed by atoms with Crippen molar-refractivity contribution in [1.82, 2.24) is 0 Å². The molecule has 1 atom stereocenters. The molecule has 7 heavy (non-hydrogen) atoms. The molecule has 0 heterocycles. The average molecular weight is 102 g/mol. The Balaban J connectivity index is 3.58. The lowest BCUT2D eigenvalue weighted by Crippen LogP contribution is -2.10. The van der Waals surface area contributed by atoms with Crippen LogP contribution in [0.4, 0.5) is 4.39 Å². The second kappa shape index (κ2) is 2.10. The first-order valence-electron chi connectivity index (χ1n) is 2.45. The van der Waals surface area contributed by atoms with E-state index < -0.39 is 5.67 Å².